The Labute approximate surface area is 105 Å². The normalized spacial score (nSPS) is 14.6. The Morgan fingerprint density at radius 2 is 2.22 bits per heavy atom. The van der Waals surface area contributed by atoms with E-state index in [1.165, 1.54) is 0 Å². The van der Waals surface area contributed by atoms with Crippen molar-refractivity contribution in [3.63, 3.8) is 0 Å². The third kappa shape index (κ3) is 2.22. The summed E-state index contributed by atoms with van der Waals surface area (Å²) in [4.78, 5) is 15.0. The molecule has 0 aliphatic heterocycles. The molecule has 0 aliphatic rings. The van der Waals surface area contributed by atoms with Gasteiger partial charge in [-0.05, 0) is 25.5 Å². The molecule has 0 spiro atoms. The van der Waals surface area contributed by atoms with E-state index in [9.17, 15) is 4.79 Å². The first-order chi connectivity index (χ1) is 8.57. The van der Waals surface area contributed by atoms with E-state index >= 15 is 0 Å². The van der Waals surface area contributed by atoms with Gasteiger partial charge in [0.15, 0.2) is 0 Å². The number of aromatic nitrogens is 2. The molecular weight excluding hydrogens is 230 g/mol. The molecule has 1 aromatic carbocycles. The average Bonchev–Trinajstić information content (AvgIpc) is 2.80. The summed E-state index contributed by atoms with van der Waals surface area (Å²) in [6, 6.07) is 7.82. The van der Waals surface area contributed by atoms with Crippen LogP contribution in [0.1, 0.15) is 20.3 Å². The number of aliphatic carboxylic acids is 1. The van der Waals surface area contributed by atoms with Gasteiger partial charge in [-0.25, -0.2) is 4.98 Å². The van der Waals surface area contributed by atoms with Gasteiger partial charge in [-0.15, -0.1) is 0 Å². The van der Waals surface area contributed by atoms with E-state index in [1.54, 1.807) is 6.33 Å². The van der Waals surface area contributed by atoms with Crippen molar-refractivity contribution in [3.8, 4) is 0 Å². The molecule has 0 bridgehead atoms. The van der Waals surface area contributed by atoms with Crippen LogP contribution in [0.3, 0.4) is 0 Å². The molecule has 18 heavy (non-hydrogen) atoms. The number of carboxylic acids is 1. The molecule has 96 valence electrons. The molecule has 2 rings (SSSR count). The van der Waals surface area contributed by atoms with Crippen molar-refractivity contribution >= 4 is 17.0 Å². The van der Waals surface area contributed by atoms with Crippen molar-refractivity contribution in [2.75, 3.05) is 6.54 Å². The molecule has 1 aromatic heterocycles. The number of benzene rings is 1. The lowest BCUT2D eigenvalue weighted by molar-refractivity contribution is -0.136. The SMILES string of the molecule is CCC(C)(NCC(=O)O)n1cnc2ccccc21. The van der Waals surface area contributed by atoms with Crippen LogP contribution in [0, 0.1) is 0 Å². The number of nitrogens with zero attached hydrogens (tertiary/aromatic N) is 2. The predicted molar refractivity (Wildman–Crippen MR) is 69.3 cm³/mol. The fraction of sp³-hybridized carbons (Fsp3) is 0.385. The molecule has 5 nitrogen and oxygen atoms in total. The van der Waals surface area contributed by atoms with Crippen LogP contribution in [0.2, 0.25) is 0 Å². The molecule has 0 aliphatic carbocycles. The predicted octanol–water partition coefficient (Wildman–Crippen LogP) is 1.79. The number of rotatable bonds is 5. The van der Waals surface area contributed by atoms with Crippen molar-refractivity contribution in [1.29, 1.82) is 0 Å². The summed E-state index contributed by atoms with van der Waals surface area (Å²) in [7, 11) is 0. The summed E-state index contributed by atoms with van der Waals surface area (Å²) in [5, 5.41) is 11.9. The molecule has 1 atom stereocenters. The first-order valence-electron chi connectivity index (χ1n) is 5.96. The van der Waals surface area contributed by atoms with E-state index < -0.39 is 11.6 Å². The van der Waals surface area contributed by atoms with Crippen molar-refractivity contribution < 1.29 is 9.90 Å². The lowest BCUT2D eigenvalue weighted by Gasteiger charge is -2.31. The quantitative estimate of drug-likeness (QED) is 0.845. The molecule has 0 fully saturated rings. The van der Waals surface area contributed by atoms with E-state index in [0.717, 1.165) is 17.5 Å². The number of carboxylic acid groups (broad SMARTS) is 1. The summed E-state index contributed by atoms with van der Waals surface area (Å²) in [5.74, 6) is -0.862. The van der Waals surface area contributed by atoms with Crippen molar-refractivity contribution in [3.05, 3.63) is 30.6 Å². The lowest BCUT2D eigenvalue weighted by Crippen LogP contribution is -2.46. The highest BCUT2D eigenvalue weighted by Gasteiger charge is 2.25. The number of fused-ring (bicyclic) bond motifs is 1. The molecule has 2 N–H and O–H groups in total. The van der Waals surface area contributed by atoms with Crippen LogP contribution >= 0.6 is 0 Å². The van der Waals surface area contributed by atoms with Crippen LogP contribution in [-0.4, -0.2) is 27.2 Å². The fourth-order valence-electron chi connectivity index (χ4n) is 2.00. The number of nitrogens with one attached hydrogen (secondary N) is 1. The number of carbonyl (C=O) groups is 1. The van der Waals surface area contributed by atoms with E-state index in [1.807, 2.05) is 42.7 Å². The molecular formula is C13H17N3O2. The molecule has 1 unspecified atom stereocenters. The van der Waals surface area contributed by atoms with Gasteiger partial charge in [0.05, 0.1) is 29.6 Å². The Bertz CT molecular complexity index is 564. The highest BCUT2D eigenvalue weighted by Crippen LogP contribution is 2.23. The lowest BCUT2D eigenvalue weighted by atomic mass is 10.1. The number of para-hydroxylation sites is 2. The molecule has 0 radical (unpaired) electrons. The average molecular weight is 247 g/mol. The zero-order valence-corrected chi connectivity index (χ0v) is 10.6. The van der Waals surface area contributed by atoms with Gasteiger partial charge in [0.2, 0.25) is 0 Å². The van der Waals surface area contributed by atoms with Crippen LogP contribution in [-0.2, 0) is 10.5 Å². The van der Waals surface area contributed by atoms with Gasteiger partial charge in [-0.2, -0.15) is 0 Å². The molecule has 0 amide bonds. The number of imidazole rings is 1. The monoisotopic (exact) mass is 247 g/mol. The van der Waals surface area contributed by atoms with Crippen molar-refractivity contribution in [1.82, 2.24) is 14.9 Å². The minimum Gasteiger partial charge on any atom is -0.480 e. The van der Waals surface area contributed by atoms with Crippen LogP contribution in [0.15, 0.2) is 30.6 Å². The Balaban J connectivity index is 2.40. The van der Waals surface area contributed by atoms with Crippen molar-refractivity contribution in [2.24, 2.45) is 0 Å². The van der Waals surface area contributed by atoms with Crippen LogP contribution in [0.4, 0.5) is 0 Å². The minimum atomic E-state index is -0.862. The largest absolute Gasteiger partial charge is 0.480 e. The third-order valence-electron chi connectivity index (χ3n) is 3.29. The number of hydrogen-bond donors (Lipinski definition) is 2. The third-order valence-corrected chi connectivity index (χ3v) is 3.29. The second kappa shape index (κ2) is 4.78. The Morgan fingerprint density at radius 1 is 1.50 bits per heavy atom. The minimum absolute atomic E-state index is 0.0726. The zero-order chi connectivity index (χ0) is 13.2. The molecule has 2 aromatic rings. The van der Waals surface area contributed by atoms with Gasteiger partial charge in [0, 0.05) is 0 Å². The summed E-state index contributed by atoms with van der Waals surface area (Å²) < 4.78 is 1.99. The second-order valence-corrected chi connectivity index (χ2v) is 4.48. The molecule has 0 saturated carbocycles. The molecule has 0 saturated heterocycles. The van der Waals surface area contributed by atoms with Gasteiger partial charge in [0.1, 0.15) is 0 Å². The van der Waals surface area contributed by atoms with Crippen LogP contribution < -0.4 is 5.32 Å². The Kier molecular flexibility index (Phi) is 3.34. The van der Waals surface area contributed by atoms with Gasteiger partial charge in [-0.3, -0.25) is 10.1 Å². The summed E-state index contributed by atoms with van der Waals surface area (Å²) in [5.41, 5.74) is 1.46. The molecule has 5 heteroatoms. The topological polar surface area (TPSA) is 67.2 Å². The van der Waals surface area contributed by atoms with Gasteiger partial charge in [0.25, 0.3) is 0 Å². The maximum Gasteiger partial charge on any atom is 0.317 e. The summed E-state index contributed by atoms with van der Waals surface area (Å²) in [6.45, 7) is 3.92. The highest BCUT2D eigenvalue weighted by atomic mass is 16.4. The van der Waals surface area contributed by atoms with Crippen LogP contribution in [0.5, 0.6) is 0 Å². The Morgan fingerprint density at radius 3 is 2.89 bits per heavy atom. The van der Waals surface area contributed by atoms with Gasteiger partial charge < -0.3 is 9.67 Å². The zero-order valence-electron chi connectivity index (χ0n) is 10.6. The van der Waals surface area contributed by atoms with Gasteiger partial charge in [-0.1, -0.05) is 19.1 Å². The van der Waals surface area contributed by atoms with E-state index in [4.69, 9.17) is 5.11 Å². The number of hydrogen-bond acceptors (Lipinski definition) is 3. The standard InChI is InChI=1S/C13H17N3O2/c1-3-13(2,15-8-12(17)18)16-9-14-10-6-4-5-7-11(10)16/h4-7,9,15H,3,8H2,1-2H3,(H,17,18). The van der Waals surface area contributed by atoms with Crippen molar-refractivity contribution in [2.45, 2.75) is 25.9 Å². The van der Waals surface area contributed by atoms with E-state index in [0.29, 0.717) is 0 Å². The van der Waals surface area contributed by atoms with E-state index in [2.05, 4.69) is 10.3 Å². The maximum atomic E-state index is 10.7. The second-order valence-electron chi connectivity index (χ2n) is 4.48. The highest BCUT2D eigenvalue weighted by molar-refractivity contribution is 5.75. The fourth-order valence-corrected chi connectivity index (χ4v) is 2.00. The first kappa shape index (κ1) is 12.6. The van der Waals surface area contributed by atoms with Gasteiger partial charge >= 0.3 is 5.97 Å². The first-order valence-corrected chi connectivity index (χ1v) is 5.96. The Hall–Kier alpha value is -1.88. The van der Waals surface area contributed by atoms with Crippen LogP contribution in [0.25, 0.3) is 11.0 Å². The summed E-state index contributed by atoms with van der Waals surface area (Å²) in [6.07, 6.45) is 2.52. The maximum absolute atomic E-state index is 10.7. The molecule has 1 heterocycles. The summed E-state index contributed by atoms with van der Waals surface area (Å²) >= 11 is 0. The van der Waals surface area contributed by atoms with E-state index in [-0.39, 0.29) is 6.54 Å². The smallest absolute Gasteiger partial charge is 0.317 e.